The summed E-state index contributed by atoms with van der Waals surface area (Å²) in [6.07, 6.45) is 1.55. The molecule has 1 aromatic rings. The van der Waals surface area contributed by atoms with E-state index in [4.69, 9.17) is 9.52 Å². The summed E-state index contributed by atoms with van der Waals surface area (Å²) in [6.45, 7) is 2.55. The molecule has 1 saturated heterocycles. The van der Waals surface area contributed by atoms with Gasteiger partial charge in [0.25, 0.3) is 0 Å². The zero-order valence-electron chi connectivity index (χ0n) is 8.72. The lowest BCUT2D eigenvalue weighted by Gasteiger charge is -2.28. The molecule has 0 radical (unpaired) electrons. The van der Waals surface area contributed by atoms with Crippen LogP contribution in [-0.2, 0) is 13.2 Å². The number of nitrogens with zero attached hydrogens (tertiary/aromatic N) is 1. The van der Waals surface area contributed by atoms with Gasteiger partial charge in [-0.25, -0.2) is 0 Å². The summed E-state index contributed by atoms with van der Waals surface area (Å²) < 4.78 is 5.41. The fourth-order valence-electron chi connectivity index (χ4n) is 1.89. The van der Waals surface area contributed by atoms with E-state index in [1.807, 2.05) is 6.07 Å². The maximum absolute atomic E-state index is 9.35. The summed E-state index contributed by atoms with van der Waals surface area (Å²) in [5.74, 6) is 1.50. The van der Waals surface area contributed by atoms with Crippen LogP contribution in [0.5, 0.6) is 0 Å². The lowest BCUT2D eigenvalue weighted by molar-refractivity contribution is 0.0754. The Kier molecular flexibility index (Phi) is 3.41. The Morgan fingerprint density at radius 1 is 1.27 bits per heavy atom. The maximum Gasteiger partial charge on any atom is 0.129 e. The molecular weight excluding hydrogens is 194 g/mol. The van der Waals surface area contributed by atoms with Crippen molar-refractivity contribution < 1.29 is 14.6 Å². The second-order valence-electron chi connectivity index (χ2n) is 4.03. The van der Waals surface area contributed by atoms with Gasteiger partial charge in [0.05, 0.1) is 12.6 Å². The molecule has 0 aromatic carbocycles. The second-order valence-corrected chi connectivity index (χ2v) is 4.03. The molecule has 0 spiro atoms. The minimum atomic E-state index is -0.133. The first kappa shape index (κ1) is 10.7. The van der Waals surface area contributed by atoms with Gasteiger partial charge in [-0.15, -0.1) is 0 Å². The summed E-state index contributed by atoms with van der Waals surface area (Å²) in [6, 6.07) is 3.70. The van der Waals surface area contributed by atoms with E-state index >= 15 is 0 Å². The Bertz CT molecular complexity index is 303. The number of aliphatic hydroxyl groups is 2. The molecule has 0 bridgehead atoms. The van der Waals surface area contributed by atoms with Crippen molar-refractivity contribution in [3.63, 3.8) is 0 Å². The highest BCUT2D eigenvalue weighted by Gasteiger charge is 2.17. The highest BCUT2D eigenvalue weighted by Crippen LogP contribution is 2.15. The van der Waals surface area contributed by atoms with E-state index in [9.17, 15) is 5.11 Å². The van der Waals surface area contributed by atoms with Gasteiger partial charge in [0.1, 0.15) is 18.1 Å². The van der Waals surface area contributed by atoms with Crippen molar-refractivity contribution in [2.24, 2.45) is 0 Å². The van der Waals surface area contributed by atoms with Gasteiger partial charge in [0, 0.05) is 13.1 Å². The molecule has 4 nitrogen and oxygen atoms in total. The first-order valence-electron chi connectivity index (χ1n) is 5.37. The standard InChI is InChI=1S/C11H17NO3/c13-8-11-2-1-10(15-11)7-12-5-3-9(14)4-6-12/h1-2,9,13-14H,3-8H2. The summed E-state index contributed by atoms with van der Waals surface area (Å²) in [5, 5.41) is 18.2. The van der Waals surface area contributed by atoms with Crippen molar-refractivity contribution in [3.8, 4) is 0 Å². The van der Waals surface area contributed by atoms with Gasteiger partial charge in [-0.1, -0.05) is 0 Å². The molecule has 15 heavy (non-hydrogen) atoms. The first-order chi connectivity index (χ1) is 7.28. The molecular formula is C11H17NO3. The maximum atomic E-state index is 9.35. The zero-order chi connectivity index (χ0) is 10.7. The average molecular weight is 211 g/mol. The van der Waals surface area contributed by atoms with Crippen LogP contribution in [0.1, 0.15) is 24.4 Å². The zero-order valence-corrected chi connectivity index (χ0v) is 8.72. The molecule has 1 aliphatic heterocycles. The van der Waals surface area contributed by atoms with E-state index < -0.39 is 0 Å². The van der Waals surface area contributed by atoms with Crippen molar-refractivity contribution >= 4 is 0 Å². The van der Waals surface area contributed by atoms with Crippen LogP contribution in [-0.4, -0.2) is 34.3 Å². The lowest BCUT2D eigenvalue weighted by Crippen LogP contribution is -2.35. The second kappa shape index (κ2) is 4.79. The Morgan fingerprint density at radius 2 is 1.93 bits per heavy atom. The average Bonchev–Trinajstić information content (AvgIpc) is 2.69. The first-order valence-corrected chi connectivity index (χ1v) is 5.37. The largest absolute Gasteiger partial charge is 0.462 e. The van der Waals surface area contributed by atoms with Crippen LogP contribution in [0.15, 0.2) is 16.5 Å². The summed E-state index contributed by atoms with van der Waals surface area (Å²) in [7, 11) is 0. The fraction of sp³-hybridized carbons (Fsp3) is 0.636. The normalized spacial score (nSPS) is 19.6. The molecule has 0 aliphatic carbocycles. The molecule has 1 fully saturated rings. The fourth-order valence-corrected chi connectivity index (χ4v) is 1.89. The third-order valence-electron chi connectivity index (χ3n) is 2.81. The number of likely N-dealkylation sites (tertiary alicyclic amines) is 1. The third-order valence-corrected chi connectivity index (χ3v) is 2.81. The van der Waals surface area contributed by atoms with Gasteiger partial charge < -0.3 is 14.6 Å². The van der Waals surface area contributed by atoms with Gasteiger partial charge in [-0.3, -0.25) is 4.90 Å². The van der Waals surface area contributed by atoms with Crippen molar-refractivity contribution in [1.29, 1.82) is 0 Å². The third kappa shape index (κ3) is 2.81. The molecule has 84 valence electrons. The van der Waals surface area contributed by atoms with Crippen LogP contribution >= 0.6 is 0 Å². The van der Waals surface area contributed by atoms with E-state index in [2.05, 4.69) is 4.90 Å². The minimum absolute atomic E-state index is 0.0429. The van der Waals surface area contributed by atoms with Gasteiger partial charge in [0.2, 0.25) is 0 Å². The topological polar surface area (TPSA) is 56.8 Å². The molecule has 0 saturated carbocycles. The van der Waals surface area contributed by atoms with Crippen molar-refractivity contribution in [2.75, 3.05) is 13.1 Å². The number of rotatable bonds is 3. The number of hydrogen-bond donors (Lipinski definition) is 2. The molecule has 2 N–H and O–H groups in total. The van der Waals surface area contributed by atoms with E-state index in [0.717, 1.165) is 38.2 Å². The monoisotopic (exact) mass is 211 g/mol. The summed E-state index contributed by atoms with van der Waals surface area (Å²) in [5.41, 5.74) is 0. The van der Waals surface area contributed by atoms with Crippen LogP contribution < -0.4 is 0 Å². The molecule has 1 aliphatic rings. The highest BCUT2D eigenvalue weighted by atomic mass is 16.4. The molecule has 0 amide bonds. The van der Waals surface area contributed by atoms with Crippen LogP contribution in [0.3, 0.4) is 0 Å². The quantitative estimate of drug-likeness (QED) is 0.774. The Balaban J connectivity index is 1.86. The minimum Gasteiger partial charge on any atom is -0.462 e. The molecule has 1 aromatic heterocycles. The van der Waals surface area contributed by atoms with E-state index in [1.54, 1.807) is 6.07 Å². The van der Waals surface area contributed by atoms with Crippen LogP contribution in [0, 0.1) is 0 Å². The van der Waals surface area contributed by atoms with E-state index in [0.29, 0.717) is 5.76 Å². The Morgan fingerprint density at radius 3 is 2.53 bits per heavy atom. The molecule has 2 rings (SSSR count). The summed E-state index contributed by atoms with van der Waals surface area (Å²) in [4.78, 5) is 2.26. The molecule has 4 heteroatoms. The van der Waals surface area contributed by atoms with E-state index in [-0.39, 0.29) is 12.7 Å². The van der Waals surface area contributed by atoms with Gasteiger partial charge in [0.15, 0.2) is 0 Å². The molecule has 2 heterocycles. The predicted octanol–water partition coefficient (Wildman–Crippen LogP) is 0.729. The van der Waals surface area contributed by atoms with Gasteiger partial charge >= 0.3 is 0 Å². The number of hydrogen-bond acceptors (Lipinski definition) is 4. The van der Waals surface area contributed by atoms with Crippen molar-refractivity contribution in [3.05, 3.63) is 23.7 Å². The predicted molar refractivity (Wildman–Crippen MR) is 55.1 cm³/mol. The Hall–Kier alpha value is -0.840. The SMILES string of the molecule is OCc1ccc(CN2CCC(O)CC2)o1. The molecule has 0 atom stereocenters. The number of piperidine rings is 1. The lowest BCUT2D eigenvalue weighted by atomic mass is 10.1. The number of aliphatic hydroxyl groups excluding tert-OH is 2. The van der Waals surface area contributed by atoms with Gasteiger partial charge in [-0.05, 0) is 25.0 Å². The summed E-state index contributed by atoms with van der Waals surface area (Å²) >= 11 is 0. The van der Waals surface area contributed by atoms with Crippen LogP contribution in [0.25, 0.3) is 0 Å². The Labute approximate surface area is 89.1 Å². The highest BCUT2D eigenvalue weighted by molar-refractivity contribution is 5.06. The van der Waals surface area contributed by atoms with Gasteiger partial charge in [-0.2, -0.15) is 0 Å². The van der Waals surface area contributed by atoms with E-state index in [1.165, 1.54) is 0 Å². The van der Waals surface area contributed by atoms with Crippen LogP contribution in [0.2, 0.25) is 0 Å². The number of furan rings is 1. The molecule has 0 unspecified atom stereocenters. The van der Waals surface area contributed by atoms with Crippen molar-refractivity contribution in [1.82, 2.24) is 4.90 Å². The van der Waals surface area contributed by atoms with Crippen molar-refractivity contribution in [2.45, 2.75) is 32.1 Å². The van der Waals surface area contributed by atoms with Crippen LogP contribution in [0.4, 0.5) is 0 Å². The smallest absolute Gasteiger partial charge is 0.129 e.